The van der Waals surface area contributed by atoms with E-state index in [1.54, 1.807) is 0 Å². The molecule has 0 saturated carbocycles. The lowest BCUT2D eigenvalue weighted by molar-refractivity contribution is 0.142. The lowest BCUT2D eigenvalue weighted by atomic mass is 9.98. The second-order valence-corrected chi connectivity index (χ2v) is 5.67. The van der Waals surface area contributed by atoms with Crippen LogP contribution in [0.25, 0.3) is 0 Å². The first kappa shape index (κ1) is 14.4. The Balaban J connectivity index is 2.17. The Kier molecular flexibility index (Phi) is 5.38. The molecule has 1 saturated heterocycles. The molecule has 0 bridgehead atoms. The second-order valence-electron chi connectivity index (χ2n) is 5.67. The molecule has 1 unspecified atom stereocenters. The fraction of sp³-hybridized carbons (Fsp3) is 0.923. The summed E-state index contributed by atoms with van der Waals surface area (Å²) in [5, 5.41) is 8.83. The van der Waals surface area contributed by atoms with E-state index in [1.165, 1.54) is 25.9 Å². The number of nitriles is 1. The van der Waals surface area contributed by atoms with Crippen LogP contribution in [-0.2, 0) is 0 Å². The third-order valence-corrected chi connectivity index (χ3v) is 3.71. The number of piperidine rings is 1. The highest BCUT2D eigenvalue weighted by atomic mass is 15.2. The van der Waals surface area contributed by atoms with Gasteiger partial charge in [-0.05, 0) is 66.3 Å². The minimum absolute atomic E-state index is 0.651. The van der Waals surface area contributed by atoms with E-state index in [0.29, 0.717) is 0 Å². The fourth-order valence-electron chi connectivity index (χ4n) is 2.39. The van der Waals surface area contributed by atoms with E-state index in [9.17, 15) is 0 Å². The van der Waals surface area contributed by atoms with E-state index in [4.69, 9.17) is 11.0 Å². The van der Waals surface area contributed by atoms with Gasteiger partial charge in [0.15, 0.2) is 0 Å². The van der Waals surface area contributed by atoms with Gasteiger partial charge < -0.3 is 15.5 Å². The lowest BCUT2D eigenvalue weighted by Gasteiger charge is -2.35. The number of hydrogen-bond acceptors (Lipinski definition) is 4. The van der Waals surface area contributed by atoms with Gasteiger partial charge in [0.1, 0.15) is 5.54 Å². The molecule has 0 spiro atoms. The summed E-state index contributed by atoms with van der Waals surface area (Å²) >= 11 is 0. The number of rotatable bonds is 5. The van der Waals surface area contributed by atoms with Gasteiger partial charge in [0.05, 0.1) is 6.07 Å². The minimum atomic E-state index is -0.651. The van der Waals surface area contributed by atoms with Gasteiger partial charge in [0.25, 0.3) is 0 Å². The Bertz CT molecular complexity index is 259. The van der Waals surface area contributed by atoms with Crippen molar-refractivity contribution in [3.05, 3.63) is 0 Å². The van der Waals surface area contributed by atoms with Crippen molar-refractivity contribution in [3.8, 4) is 6.07 Å². The van der Waals surface area contributed by atoms with Crippen LogP contribution < -0.4 is 5.73 Å². The van der Waals surface area contributed by atoms with E-state index in [0.717, 1.165) is 25.4 Å². The highest BCUT2D eigenvalue weighted by Gasteiger charge is 2.21. The number of hydrogen-bond donors (Lipinski definition) is 1. The van der Waals surface area contributed by atoms with Crippen LogP contribution in [-0.4, -0.2) is 55.1 Å². The molecular weight excluding hydrogens is 212 g/mol. The van der Waals surface area contributed by atoms with Crippen LogP contribution in [0.1, 0.15) is 32.6 Å². The highest BCUT2D eigenvalue weighted by molar-refractivity contribution is 5.00. The molecule has 1 rings (SSSR count). The molecule has 4 heteroatoms. The van der Waals surface area contributed by atoms with E-state index in [1.807, 2.05) is 6.92 Å². The zero-order valence-corrected chi connectivity index (χ0v) is 11.4. The van der Waals surface area contributed by atoms with Crippen LogP contribution in [0, 0.1) is 11.3 Å². The first-order valence-electron chi connectivity index (χ1n) is 6.53. The normalized spacial score (nSPS) is 22.4. The highest BCUT2D eigenvalue weighted by Crippen LogP contribution is 2.15. The summed E-state index contributed by atoms with van der Waals surface area (Å²) in [6, 6.07) is 2.89. The first-order valence-corrected chi connectivity index (χ1v) is 6.53. The van der Waals surface area contributed by atoms with Crippen LogP contribution >= 0.6 is 0 Å². The van der Waals surface area contributed by atoms with Crippen LogP contribution in [0.3, 0.4) is 0 Å². The van der Waals surface area contributed by atoms with Gasteiger partial charge in [-0.1, -0.05) is 0 Å². The van der Waals surface area contributed by atoms with Crippen molar-refractivity contribution in [2.24, 2.45) is 5.73 Å². The first-order chi connectivity index (χ1) is 7.94. The molecule has 98 valence electrons. The maximum absolute atomic E-state index is 8.83. The molecule has 0 aromatic heterocycles. The number of nitrogens with zero attached hydrogens (tertiary/aromatic N) is 3. The maximum atomic E-state index is 8.83. The molecule has 0 amide bonds. The van der Waals surface area contributed by atoms with E-state index < -0.39 is 5.54 Å². The number of nitrogens with two attached hydrogens (primary N) is 1. The molecule has 1 fully saturated rings. The Hall–Kier alpha value is -0.630. The molecule has 2 N–H and O–H groups in total. The van der Waals surface area contributed by atoms with Crippen molar-refractivity contribution in [2.75, 3.05) is 33.7 Å². The van der Waals surface area contributed by atoms with E-state index in [2.05, 4.69) is 30.0 Å². The van der Waals surface area contributed by atoms with Crippen LogP contribution in [0.4, 0.5) is 0 Å². The quantitative estimate of drug-likeness (QED) is 0.777. The molecule has 17 heavy (non-hydrogen) atoms. The largest absolute Gasteiger partial charge is 0.314 e. The molecule has 0 aliphatic carbocycles. The minimum Gasteiger partial charge on any atom is -0.314 e. The van der Waals surface area contributed by atoms with Gasteiger partial charge in [0.2, 0.25) is 0 Å². The van der Waals surface area contributed by atoms with Crippen molar-refractivity contribution in [1.82, 2.24) is 9.80 Å². The molecule has 1 atom stereocenters. The smallest absolute Gasteiger partial charge is 0.101 e. The topological polar surface area (TPSA) is 56.3 Å². The van der Waals surface area contributed by atoms with Crippen LogP contribution in [0.2, 0.25) is 0 Å². The Morgan fingerprint density at radius 2 is 2.00 bits per heavy atom. The van der Waals surface area contributed by atoms with Gasteiger partial charge in [-0.25, -0.2) is 0 Å². The zero-order chi connectivity index (χ0) is 12.9. The summed E-state index contributed by atoms with van der Waals surface area (Å²) < 4.78 is 0. The average molecular weight is 238 g/mol. The van der Waals surface area contributed by atoms with Gasteiger partial charge in [0, 0.05) is 6.04 Å². The molecule has 0 aromatic carbocycles. The van der Waals surface area contributed by atoms with Gasteiger partial charge in [-0.3, -0.25) is 0 Å². The van der Waals surface area contributed by atoms with Gasteiger partial charge in [-0.15, -0.1) is 0 Å². The summed E-state index contributed by atoms with van der Waals surface area (Å²) in [4.78, 5) is 4.82. The zero-order valence-electron chi connectivity index (χ0n) is 11.4. The predicted molar refractivity (Wildman–Crippen MR) is 70.6 cm³/mol. The summed E-state index contributed by atoms with van der Waals surface area (Å²) in [5.74, 6) is 0. The third-order valence-electron chi connectivity index (χ3n) is 3.71. The standard InChI is InChI=1S/C13H26N4/c1-13(15,11-14)7-4-8-17-9-5-12(6-10-17)16(2)3/h12H,4-10,15H2,1-3H3. The van der Waals surface area contributed by atoms with Crippen molar-refractivity contribution in [1.29, 1.82) is 5.26 Å². The second kappa shape index (κ2) is 6.34. The summed E-state index contributed by atoms with van der Waals surface area (Å²) in [7, 11) is 4.32. The molecule has 1 heterocycles. The average Bonchev–Trinajstić information content (AvgIpc) is 2.29. The van der Waals surface area contributed by atoms with Crippen molar-refractivity contribution in [2.45, 2.75) is 44.2 Å². The third kappa shape index (κ3) is 5.03. The molecule has 1 aliphatic heterocycles. The maximum Gasteiger partial charge on any atom is 0.101 e. The van der Waals surface area contributed by atoms with Gasteiger partial charge in [-0.2, -0.15) is 5.26 Å². The summed E-state index contributed by atoms with van der Waals surface area (Å²) in [6.07, 6.45) is 4.32. The molecule has 1 aliphatic rings. The lowest BCUT2D eigenvalue weighted by Crippen LogP contribution is -2.42. The van der Waals surface area contributed by atoms with E-state index in [-0.39, 0.29) is 0 Å². The molecule has 0 radical (unpaired) electrons. The SMILES string of the molecule is CN(C)C1CCN(CCCC(C)(N)C#N)CC1. The molecule has 0 aromatic rings. The van der Waals surface area contributed by atoms with Crippen LogP contribution in [0.5, 0.6) is 0 Å². The summed E-state index contributed by atoms with van der Waals surface area (Å²) in [5.41, 5.74) is 5.16. The van der Waals surface area contributed by atoms with Gasteiger partial charge >= 0.3 is 0 Å². The number of likely N-dealkylation sites (tertiary alicyclic amines) is 1. The Morgan fingerprint density at radius 1 is 1.41 bits per heavy atom. The fourth-order valence-corrected chi connectivity index (χ4v) is 2.39. The molecular formula is C13H26N4. The predicted octanol–water partition coefficient (Wildman–Crippen LogP) is 1.03. The van der Waals surface area contributed by atoms with Crippen molar-refractivity contribution >= 4 is 0 Å². The summed E-state index contributed by atoms with van der Waals surface area (Å²) in [6.45, 7) is 5.24. The van der Waals surface area contributed by atoms with E-state index >= 15 is 0 Å². The Morgan fingerprint density at radius 3 is 2.47 bits per heavy atom. The van der Waals surface area contributed by atoms with Crippen LogP contribution in [0.15, 0.2) is 0 Å². The Labute approximate surface area is 105 Å². The van der Waals surface area contributed by atoms with Crippen molar-refractivity contribution < 1.29 is 0 Å². The van der Waals surface area contributed by atoms with Crippen molar-refractivity contribution in [3.63, 3.8) is 0 Å². The monoisotopic (exact) mass is 238 g/mol. The molecule has 4 nitrogen and oxygen atoms in total.